The molecule has 150 valence electrons. The Balaban J connectivity index is 1.54. The Morgan fingerprint density at radius 2 is 1.86 bits per heavy atom. The number of anilines is 1. The van der Waals surface area contributed by atoms with Crippen LogP contribution in [0.1, 0.15) is 24.4 Å². The number of nitrogens with zero attached hydrogens (tertiary/aromatic N) is 2. The number of ether oxygens (including phenoxy) is 2. The molecule has 1 unspecified atom stereocenters. The van der Waals surface area contributed by atoms with Gasteiger partial charge in [0.2, 0.25) is 0 Å². The van der Waals surface area contributed by atoms with Gasteiger partial charge in [-0.2, -0.15) is 0 Å². The number of carbonyl (C=O) groups is 1. The third-order valence-corrected chi connectivity index (χ3v) is 5.31. The standard InChI is InChI=1S/C23H25N3O3/c1-28-19-10-11-20(22(16-19)29-2)21-9-6-14-26(21)23(27)24-17-7-5-8-18(15-17)25-12-3-4-13-25/h3-5,7-8,10-13,15-16,21H,6,9,14H2,1-2H3,(H,24,27). The predicted molar refractivity (Wildman–Crippen MR) is 113 cm³/mol. The molecule has 2 heterocycles. The molecule has 2 aromatic carbocycles. The van der Waals surface area contributed by atoms with E-state index in [2.05, 4.69) is 5.32 Å². The molecule has 1 N–H and O–H groups in total. The highest BCUT2D eigenvalue weighted by Gasteiger charge is 2.32. The summed E-state index contributed by atoms with van der Waals surface area (Å²) in [7, 11) is 3.27. The van der Waals surface area contributed by atoms with E-state index < -0.39 is 0 Å². The Hall–Kier alpha value is -3.41. The summed E-state index contributed by atoms with van der Waals surface area (Å²) < 4.78 is 12.9. The van der Waals surface area contributed by atoms with Crippen molar-refractivity contribution in [2.45, 2.75) is 18.9 Å². The fourth-order valence-electron chi connectivity index (χ4n) is 3.87. The van der Waals surface area contributed by atoms with Crippen LogP contribution in [0.15, 0.2) is 67.0 Å². The minimum atomic E-state index is -0.102. The molecule has 1 atom stereocenters. The van der Waals surface area contributed by atoms with Crippen LogP contribution >= 0.6 is 0 Å². The van der Waals surface area contributed by atoms with Crippen molar-refractivity contribution in [3.8, 4) is 17.2 Å². The zero-order chi connectivity index (χ0) is 20.2. The van der Waals surface area contributed by atoms with Crippen LogP contribution in [0.5, 0.6) is 11.5 Å². The van der Waals surface area contributed by atoms with Crippen molar-refractivity contribution in [1.29, 1.82) is 0 Å². The Labute approximate surface area is 170 Å². The molecule has 0 saturated carbocycles. The maximum Gasteiger partial charge on any atom is 0.322 e. The maximum absolute atomic E-state index is 13.1. The first-order valence-electron chi connectivity index (χ1n) is 9.72. The van der Waals surface area contributed by atoms with Gasteiger partial charge in [-0.1, -0.05) is 6.07 Å². The van der Waals surface area contributed by atoms with Crippen LogP contribution in [0.25, 0.3) is 5.69 Å². The van der Waals surface area contributed by atoms with Crippen LogP contribution in [0.3, 0.4) is 0 Å². The van der Waals surface area contributed by atoms with Gasteiger partial charge in [0.05, 0.1) is 20.3 Å². The molecule has 1 aliphatic heterocycles. The van der Waals surface area contributed by atoms with Crippen LogP contribution < -0.4 is 14.8 Å². The summed E-state index contributed by atoms with van der Waals surface area (Å²) in [6, 6.07) is 17.4. The molecule has 6 nitrogen and oxygen atoms in total. The first-order valence-corrected chi connectivity index (χ1v) is 9.72. The van der Waals surface area contributed by atoms with E-state index >= 15 is 0 Å². The Morgan fingerprint density at radius 1 is 1.03 bits per heavy atom. The molecule has 6 heteroatoms. The minimum Gasteiger partial charge on any atom is -0.497 e. The van der Waals surface area contributed by atoms with Crippen LogP contribution in [-0.4, -0.2) is 36.3 Å². The number of likely N-dealkylation sites (tertiary alicyclic amines) is 1. The number of carbonyl (C=O) groups excluding carboxylic acids is 1. The lowest BCUT2D eigenvalue weighted by atomic mass is 10.0. The number of methoxy groups -OCH3 is 2. The minimum absolute atomic E-state index is 0.0245. The van der Waals surface area contributed by atoms with Crippen molar-refractivity contribution in [3.05, 3.63) is 72.6 Å². The van der Waals surface area contributed by atoms with Crippen molar-refractivity contribution >= 4 is 11.7 Å². The quantitative estimate of drug-likeness (QED) is 0.675. The number of hydrogen-bond donors (Lipinski definition) is 1. The first kappa shape index (κ1) is 18.9. The second-order valence-electron chi connectivity index (χ2n) is 7.03. The summed E-state index contributed by atoms with van der Waals surface area (Å²) in [5, 5.41) is 3.05. The lowest BCUT2D eigenvalue weighted by Crippen LogP contribution is -2.34. The van der Waals surface area contributed by atoms with E-state index in [9.17, 15) is 4.79 Å². The van der Waals surface area contributed by atoms with Gasteiger partial charge in [-0.05, 0) is 55.3 Å². The molecule has 0 spiro atoms. The molecular formula is C23H25N3O3. The summed E-state index contributed by atoms with van der Waals surface area (Å²) in [4.78, 5) is 14.9. The summed E-state index contributed by atoms with van der Waals surface area (Å²) in [6.07, 6.45) is 5.82. The normalized spacial score (nSPS) is 15.9. The lowest BCUT2D eigenvalue weighted by molar-refractivity contribution is 0.206. The second kappa shape index (κ2) is 8.31. The van der Waals surface area contributed by atoms with E-state index in [1.165, 1.54) is 0 Å². The molecule has 4 rings (SSSR count). The number of nitrogens with one attached hydrogen (secondary N) is 1. The van der Waals surface area contributed by atoms with Gasteiger partial charge in [-0.25, -0.2) is 4.79 Å². The summed E-state index contributed by atoms with van der Waals surface area (Å²) >= 11 is 0. The number of amides is 2. The number of urea groups is 1. The first-order chi connectivity index (χ1) is 14.2. The van der Waals surface area contributed by atoms with E-state index in [0.29, 0.717) is 6.54 Å². The Morgan fingerprint density at radius 3 is 2.62 bits per heavy atom. The summed E-state index contributed by atoms with van der Waals surface area (Å²) in [6.45, 7) is 0.711. The highest BCUT2D eigenvalue weighted by molar-refractivity contribution is 5.90. The van der Waals surface area contributed by atoms with Crippen LogP contribution in [-0.2, 0) is 0 Å². The van der Waals surface area contributed by atoms with Gasteiger partial charge in [0, 0.05) is 41.9 Å². The average Bonchev–Trinajstić information content (AvgIpc) is 3.45. The van der Waals surface area contributed by atoms with Gasteiger partial charge >= 0.3 is 6.03 Å². The van der Waals surface area contributed by atoms with E-state index in [1.54, 1.807) is 14.2 Å². The molecule has 0 bridgehead atoms. The smallest absolute Gasteiger partial charge is 0.322 e. The SMILES string of the molecule is COc1ccc(C2CCCN2C(=O)Nc2cccc(-n3cccc3)c2)c(OC)c1. The molecule has 29 heavy (non-hydrogen) atoms. The van der Waals surface area contributed by atoms with E-state index in [1.807, 2.05) is 76.5 Å². The van der Waals surface area contributed by atoms with Crippen LogP contribution in [0.4, 0.5) is 10.5 Å². The number of hydrogen-bond acceptors (Lipinski definition) is 3. The fraction of sp³-hybridized carbons (Fsp3) is 0.261. The van der Waals surface area contributed by atoms with Gasteiger partial charge < -0.3 is 24.3 Å². The molecular weight excluding hydrogens is 366 g/mol. The number of benzene rings is 2. The van der Waals surface area contributed by atoms with Gasteiger partial charge in [0.25, 0.3) is 0 Å². The molecule has 1 aromatic heterocycles. The third-order valence-electron chi connectivity index (χ3n) is 5.31. The topological polar surface area (TPSA) is 55.7 Å². The monoisotopic (exact) mass is 391 g/mol. The Kier molecular flexibility index (Phi) is 5.42. The van der Waals surface area contributed by atoms with E-state index in [0.717, 1.165) is 41.3 Å². The molecule has 3 aromatic rings. The highest BCUT2D eigenvalue weighted by Crippen LogP contribution is 2.39. The number of aromatic nitrogens is 1. The maximum atomic E-state index is 13.1. The van der Waals surface area contributed by atoms with Crippen LogP contribution in [0, 0.1) is 0 Å². The molecule has 2 amide bonds. The zero-order valence-electron chi connectivity index (χ0n) is 16.7. The highest BCUT2D eigenvalue weighted by atomic mass is 16.5. The Bertz CT molecular complexity index is 985. The van der Waals surface area contributed by atoms with Gasteiger partial charge in [0.15, 0.2) is 0 Å². The van der Waals surface area contributed by atoms with Crippen molar-refractivity contribution in [3.63, 3.8) is 0 Å². The fourth-order valence-corrected chi connectivity index (χ4v) is 3.87. The van der Waals surface area contributed by atoms with Gasteiger partial charge in [-0.3, -0.25) is 0 Å². The van der Waals surface area contributed by atoms with Gasteiger partial charge in [0.1, 0.15) is 11.5 Å². The third kappa shape index (κ3) is 3.92. The van der Waals surface area contributed by atoms with E-state index in [4.69, 9.17) is 9.47 Å². The largest absolute Gasteiger partial charge is 0.497 e. The molecule has 1 fully saturated rings. The van der Waals surface area contributed by atoms with Crippen LogP contribution in [0.2, 0.25) is 0 Å². The molecule has 1 saturated heterocycles. The lowest BCUT2D eigenvalue weighted by Gasteiger charge is -2.27. The van der Waals surface area contributed by atoms with Crippen molar-refractivity contribution < 1.29 is 14.3 Å². The predicted octanol–water partition coefficient (Wildman–Crippen LogP) is 4.86. The molecule has 0 aliphatic carbocycles. The molecule has 1 aliphatic rings. The molecule has 0 radical (unpaired) electrons. The zero-order valence-corrected chi connectivity index (χ0v) is 16.7. The van der Waals surface area contributed by atoms with Crippen molar-refractivity contribution in [2.24, 2.45) is 0 Å². The number of rotatable bonds is 5. The van der Waals surface area contributed by atoms with Crippen molar-refractivity contribution in [1.82, 2.24) is 9.47 Å². The average molecular weight is 391 g/mol. The second-order valence-corrected chi connectivity index (χ2v) is 7.03. The van der Waals surface area contributed by atoms with Gasteiger partial charge in [-0.15, -0.1) is 0 Å². The van der Waals surface area contributed by atoms with E-state index in [-0.39, 0.29) is 12.1 Å². The van der Waals surface area contributed by atoms with Crippen molar-refractivity contribution in [2.75, 3.05) is 26.1 Å². The summed E-state index contributed by atoms with van der Waals surface area (Å²) in [5.41, 5.74) is 2.78. The summed E-state index contributed by atoms with van der Waals surface area (Å²) in [5.74, 6) is 1.48.